The molecule has 1 aliphatic carbocycles. The van der Waals surface area contributed by atoms with E-state index in [4.69, 9.17) is 5.84 Å². The van der Waals surface area contributed by atoms with E-state index in [1.807, 2.05) is 0 Å². The second kappa shape index (κ2) is 6.68. The lowest BCUT2D eigenvalue weighted by atomic mass is 10.0. The fraction of sp³-hybridized carbons (Fsp3) is 0.571. The van der Waals surface area contributed by atoms with E-state index >= 15 is 0 Å². The molecule has 2 rings (SSSR count). The van der Waals surface area contributed by atoms with Crippen molar-refractivity contribution in [1.82, 2.24) is 5.43 Å². The lowest BCUT2D eigenvalue weighted by Gasteiger charge is -2.20. The van der Waals surface area contributed by atoms with E-state index in [-0.39, 0.29) is 5.56 Å². The van der Waals surface area contributed by atoms with Gasteiger partial charge in [0, 0.05) is 16.6 Å². The van der Waals surface area contributed by atoms with Gasteiger partial charge in [-0.25, -0.2) is 8.78 Å². The highest BCUT2D eigenvalue weighted by atomic mass is 32.2. The summed E-state index contributed by atoms with van der Waals surface area (Å²) in [4.78, 5) is 0. The third-order valence-corrected chi connectivity index (χ3v) is 5.14. The molecule has 1 unspecified atom stereocenters. The maximum Gasteiger partial charge on any atom is 0.133 e. The van der Waals surface area contributed by atoms with Crippen LogP contribution in [0.3, 0.4) is 0 Å². The highest BCUT2D eigenvalue weighted by molar-refractivity contribution is 7.99. The molecule has 0 spiro atoms. The van der Waals surface area contributed by atoms with Gasteiger partial charge in [-0.2, -0.15) is 11.8 Å². The number of aryl methyl sites for hydroxylation is 1. The molecule has 0 aliphatic heterocycles. The van der Waals surface area contributed by atoms with Crippen molar-refractivity contribution in [3.8, 4) is 0 Å². The minimum absolute atomic E-state index is 0.0630. The molecule has 1 saturated carbocycles. The van der Waals surface area contributed by atoms with Crippen LogP contribution in [-0.4, -0.2) is 11.0 Å². The standard InChI is InChI=1S/C14H20F2N2S/c1-9-6-7-11(15)13(14(9)16)12(18-17)8-19-10-4-2-3-5-10/h6-7,10,12,18H,2-5,8,17H2,1H3. The Morgan fingerprint density at radius 2 is 2.05 bits per heavy atom. The van der Waals surface area contributed by atoms with Crippen molar-refractivity contribution in [1.29, 1.82) is 0 Å². The molecule has 0 amide bonds. The van der Waals surface area contributed by atoms with E-state index in [1.54, 1.807) is 18.7 Å². The summed E-state index contributed by atoms with van der Waals surface area (Å²) >= 11 is 1.76. The van der Waals surface area contributed by atoms with Crippen LogP contribution in [-0.2, 0) is 0 Å². The Labute approximate surface area is 117 Å². The van der Waals surface area contributed by atoms with Crippen LogP contribution in [0.4, 0.5) is 8.78 Å². The Morgan fingerprint density at radius 3 is 2.68 bits per heavy atom. The molecular formula is C14H20F2N2S. The average Bonchev–Trinajstić information content (AvgIpc) is 2.91. The number of thioether (sulfide) groups is 1. The number of hydrazine groups is 1. The van der Waals surface area contributed by atoms with Crippen molar-refractivity contribution in [2.24, 2.45) is 5.84 Å². The molecule has 1 atom stereocenters. The summed E-state index contributed by atoms with van der Waals surface area (Å²) in [7, 11) is 0. The average molecular weight is 286 g/mol. The zero-order chi connectivity index (χ0) is 13.8. The van der Waals surface area contributed by atoms with Gasteiger partial charge in [-0.15, -0.1) is 0 Å². The first kappa shape index (κ1) is 14.8. The Balaban J connectivity index is 2.10. The number of halogens is 2. The van der Waals surface area contributed by atoms with Gasteiger partial charge in [0.15, 0.2) is 0 Å². The fourth-order valence-corrected chi connectivity index (χ4v) is 3.89. The summed E-state index contributed by atoms with van der Waals surface area (Å²) in [6.45, 7) is 1.63. The molecular weight excluding hydrogens is 266 g/mol. The smallest absolute Gasteiger partial charge is 0.133 e. The fourth-order valence-electron chi connectivity index (χ4n) is 2.50. The quantitative estimate of drug-likeness (QED) is 0.643. The molecule has 1 aliphatic rings. The summed E-state index contributed by atoms with van der Waals surface area (Å²) in [5.41, 5.74) is 3.06. The van der Waals surface area contributed by atoms with Crippen LogP contribution in [0.1, 0.15) is 42.9 Å². The second-order valence-corrected chi connectivity index (χ2v) is 6.38. The van der Waals surface area contributed by atoms with E-state index in [0.29, 0.717) is 16.6 Å². The maximum atomic E-state index is 14.1. The number of hydrogen-bond donors (Lipinski definition) is 2. The number of nitrogens with two attached hydrogens (primary N) is 1. The SMILES string of the molecule is Cc1ccc(F)c(C(CSC2CCCC2)NN)c1F. The second-order valence-electron chi connectivity index (χ2n) is 5.05. The van der Waals surface area contributed by atoms with E-state index < -0.39 is 17.7 Å². The van der Waals surface area contributed by atoms with Gasteiger partial charge in [-0.05, 0) is 31.4 Å². The van der Waals surface area contributed by atoms with Crippen molar-refractivity contribution in [2.45, 2.75) is 43.9 Å². The van der Waals surface area contributed by atoms with Gasteiger partial charge in [0.25, 0.3) is 0 Å². The number of benzene rings is 1. The third-order valence-electron chi connectivity index (χ3n) is 3.67. The highest BCUT2D eigenvalue weighted by Crippen LogP contribution is 2.33. The van der Waals surface area contributed by atoms with Crippen molar-refractivity contribution >= 4 is 11.8 Å². The monoisotopic (exact) mass is 286 g/mol. The van der Waals surface area contributed by atoms with Crippen molar-refractivity contribution in [3.63, 3.8) is 0 Å². The predicted molar refractivity (Wildman–Crippen MR) is 75.9 cm³/mol. The predicted octanol–water partition coefficient (Wildman–Crippen LogP) is 3.45. The molecule has 0 bridgehead atoms. The molecule has 0 aromatic heterocycles. The lowest BCUT2D eigenvalue weighted by molar-refractivity contribution is 0.496. The first-order valence-electron chi connectivity index (χ1n) is 6.65. The van der Waals surface area contributed by atoms with Crippen LogP contribution in [0.25, 0.3) is 0 Å². The zero-order valence-corrected chi connectivity index (χ0v) is 11.9. The van der Waals surface area contributed by atoms with Gasteiger partial charge in [0.2, 0.25) is 0 Å². The molecule has 0 radical (unpaired) electrons. The Bertz CT molecular complexity index is 434. The Kier molecular flexibility index (Phi) is 5.19. The molecule has 0 heterocycles. The van der Waals surface area contributed by atoms with Gasteiger partial charge < -0.3 is 0 Å². The topological polar surface area (TPSA) is 38.0 Å². The van der Waals surface area contributed by atoms with Crippen LogP contribution < -0.4 is 11.3 Å². The van der Waals surface area contributed by atoms with Crippen LogP contribution in [0.5, 0.6) is 0 Å². The van der Waals surface area contributed by atoms with Gasteiger partial charge in [-0.1, -0.05) is 18.9 Å². The number of hydrogen-bond acceptors (Lipinski definition) is 3. The van der Waals surface area contributed by atoms with Crippen LogP contribution in [0.2, 0.25) is 0 Å². The van der Waals surface area contributed by atoms with Crippen molar-refractivity contribution < 1.29 is 8.78 Å². The van der Waals surface area contributed by atoms with Gasteiger partial charge in [-0.3, -0.25) is 11.3 Å². The molecule has 5 heteroatoms. The minimum Gasteiger partial charge on any atom is -0.271 e. The zero-order valence-electron chi connectivity index (χ0n) is 11.1. The van der Waals surface area contributed by atoms with Gasteiger partial charge in [0.05, 0.1) is 6.04 Å². The van der Waals surface area contributed by atoms with E-state index in [0.717, 1.165) is 0 Å². The van der Waals surface area contributed by atoms with Gasteiger partial charge >= 0.3 is 0 Å². The molecule has 106 valence electrons. The molecule has 19 heavy (non-hydrogen) atoms. The summed E-state index contributed by atoms with van der Waals surface area (Å²) < 4.78 is 27.9. The Morgan fingerprint density at radius 1 is 1.37 bits per heavy atom. The van der Waals surface area contributed by atoms with E-state index in [1.165, 1.54) is 37.8 Å². The first-order valence-corrected chi connectivity index (χ1v) is 7.70. The summed E-state index contributed by atoms with van der Waals surface area (Å²) in [6.07, 6.45) is 4.90. The Hall–Kier alpha value is -0.650. The van der Waals surface area contributed by atoms with Gasteiger partial charge in [0.1, 0.15) is 11.6 Å². The number of rotatable bonds is 5. The third kappa shape index (κ3) is 3.46. The summed E-state index contributed by atoms with van der Waals surface area (Å²) in [6, 6.07) is 2.27. The largest absolute Gasteiger partial charge is 0.271 e. The van der Waals surface area contributed by atoms with E-state index in [9.17, 15) is 8.78 Å². The van der Waals surface area contributed by atoms with Crippen LogP contribution in [0.15, 0.2) is 12.1 Å². The van der Waals surface area contributed by atoms with E-state index in [2.05, 4.69) is 5.43 Å². The first-order chi connectivity index (χ1) is 9.13. The molecule has 0 saturated heterocycles. The molecule has 1 fully saturated rings. The molecule has 3 N–H and O–H groups in total. The number of nitrogens with one attached hydrogen (secondary N) is 1. The van der Waals surface area contributed by atoms with Crippen LogP contribution >= 0.6 is 11.8 Å². The molecule has 1 aromatic carbocycles. The summed E-state index contributed by atoms with van der Waals surface area (Å²) in [5.74, 6) is 5.06. The van der Waals surface area contributed by atoms with Crippen molar-refractivity contribution in [3.05, 3.63) is 34.9 Å². The minimum atomic E-state index is -0.530. The maximum absolute atomic E-state index is 14.1. The van der Waals surface area contributed by atoms with Crippen molar-refractivity contribution in [2.75, 3.05) is 5.75 Å². The lowest BCUT2D eigenvalue weighted by Crippen LogP contribution is -2.31. The highest BCUT2D eigenvalue weighted by Gasteiger charge is 2.23. The normalized spacial score (nSPS) is 17.9. The summed E-state index contributed by atoms with van der Waals surface area (Å²) in [5, 5.41) is 0.604. The van der Waals surface area contributed by atoms with Crippen LogP contribution in [0, 0.1) is 18.6 Å². The molecule has 1 aromatic rings. The molecule has 2 nitrogen and oxygen atoms in total.